The van der Waals surface area contributed by atoms with E-state index in [4.69, 9.17) is 21.1 Å². The number of alkyl halides is 1. The zero-order valence-electron chi connectivity index (χ0n) is 27.2. The van der Waals surface area contributed by atoms with Crippen molar-refractivity contribution in [3.05, 3.63) is 45.2 Å². The third kappa shape index (κ3) is 6.01. The summed E-state index contributed by atoms with van der Waals surface area (Å²) in [5.74, 6) is -0.664. The number of pyridine rings is 1. The fraction of sp³-hybridized carbons (Fsp3) is 0.559. The molecule has 260 valence electrons. The molecule has 3 aromatic heterocycles. The number of amides is 1. The number of nitrogens with zero attached hydrogens (tertiary/aromatic N) is 4. The van der Waals surface area contributed by atoms with Crippen molar-refractivity contribution < 1.29 is 23.0 Å². The van der Waals surface area contributed by atoms with Crippen LogP contribution < -0.4 is 20.9 Å². The van der Waals surface area contributed by atoms with Crippen LogP contribution in [0.1, 0.15) is 63.4 Å². The maximum atomic E-state index is 16.6. The molecular weight excluding hydrogens is 658 g/mol. The number of alkyl carbamates (subject to hydrolysis) is 1. The Morgan fingerprint density at radius 3 is 2.96 bits per heavy atom. The van der Waals surface area contributed by atoms with E-state index in [1.165, 1.54) is 6.20 Å². The van der Waals surface area contributed by atoms with Gasteiger partial charge in [-0.2, -0.15) is 10.1 Å². The number of nitrogens with one attached hydrogen (secondary N) is 4. The van der Waals surface area contributed by atoms with Gasteiger partial charge in [-0.1, -0.05) is 11.6 Å². The Kier molecular flexibility index (Phi) is 8.23. The van der Waals surface area contributed by atoms with E-state index in [0.717, 1.165) is 50.8 Å². The van der Waals surface area contributed by atoms with Gasteiger partial charge in [-0.05, 0) is 82.0 Å². The van der Waals surface area contributed by atoms with Gasteiger partial charge in [0, 0.05) is 41.7 Å². The van der Waals surface area contributed by atoms with Crippen molar-refractivity contribution in [3.8, 4) is 17.3 Å². The zero-order valence-corrected chi connectivity index (χ0v) is 28.0. The maximum Gasteiger partial charge on any atom is 0.407 e. The summed E-state index contributed by atoms with van der Waals surface area (Å²) in [4.78, 5) is 39.1. The molecule has 4 fully saturated rings. The smallest absolute Gasteiger partial charge is 0.407 e. The molecule has 5 atom stereocenters. The second-order valence-corrected chi connectivity index (χ2v) is 14.8. The average molecular weight is 697 g/mol. The predicted octanol–water partition coefficient (Wildman–Crippen LogP) is 4.97. The molecule has 8 rings (SSSR count). The number of aromatic amines is 2. The number of halogens is 3. The van der Waals surface area contributed by atoms with Crippen molar-refractivity contribution in [1.29, 1.82) is 0 Å². The first-order valence-electron chi connectivity index (χ1n) is 17.0. The summed E-state index contributed by atoms with van der Waals surface area (Å²) in [5, 5.41) is 14.4. The van der Waals surface area contributed by atoms with Gasteiger partial charge in [-0.15, -0.1) is 0 Å². The van der Waals surface area contributed by atoms with Crippen LogP contribution in [-0.2, 0) is 4.74 Å². The van der Waals surface area contributed by atoms with E-state index in [1.54, 1.807) is 12.3 Å². The van der Waals surface area contributed by atoms with Crippen molar-refractivity contribution in [2.45, 2.75) is 75.0 Å². The second-order valence-electron chi connectivity index (χ2n) is 14.4. The molecule has 2 unspecified atom stereocenters. The molecule has 49 heavy (non-hydrogen) atoms. The number of rotatable bonds is 9. The van der Waals surface area contributed by atoms with Gasteiger partial charge < -0.3 is 20.1 Å². The van der Waals surface area contributed by atoms with E-state index in [-0.39, 0.29) is 53.2 Å². The Hall–Kier alpha value is -3.88. The quantitative estimate of drug-likeness (QED) is 0.190. The number of aromatic nitrogens is 5. The maximum absolute atomic E-state index is 16.6. The molecule has 4 aromatic rings. The van der Waals surface area contributed by atoms with Crippen molar-refractivity contribution in [2.75, 3.05) is 39.4 Å². The van der Waals surface area contributed by atoms with Crippen LogP contribution in [-0.4, -0.2) is 92.8 Å². The lowest BCUT2D eigenvalue weighted by atomic mass is 9.93. The summed E-state index contributed by atoms with van der Waals surface area (Å²) >= 11 is 6.88. The average Bonchev–Trinajstić information content (AvgIpc) is 3.32. The van der Waals surface area contributed by atoms with Crippen molar-refractivity contribution in [1.82, 2.24) is 40.7 Å². The van der Waals surface area contributed by atoms with E-state index in [1.807, 2.05) is 6.92 Å². The zero-order chi connectivity index (χ0) is 33.9. The molecule has 1 aromatic carbocycles. The fourth-order valence-electron chi connectivity index (χ4n) is 8.30. The van der Waals surface area contributed by atoms with Crippen LogP contribution in [0.15, 0.2) is 23.3 Å². The number of fused-ring (bicyclic) bond motifs is 3. The molecule has 1 saturated carbocycles. The van der Waals surface area contributed by atoms with Crippen LogP contribution in [0.5, 0.6) is 6.01 Å². The van der Waals surface area contributed by atoms with E-state index >= 15 is 4.39 Å². The summed E-state index contributed by atoms with van der Waals surface area (Å²) in [6.45, 7) is 5.18. The Labute approximate surface area is 285 Å². The van der Waals surface area contributed by atoms with E-state index in [9.17, 15) is 14.0 Å². The predicted molar refractivity (Wildman–Crippen MR) is 179 cm³/mol. The van der Waals surface area contributed by atoms with Gasteiger partial charge in [0.25, 0.3) is 11.6 Å². The molecular formula is C34H39ClF2N8O4. The first kappa shape index (κ1) is 32.3. The molecule has 4 N–H and O–H groups in total. The molecule has 3 saturated heterocycles. The molecule has 12 nitrogen and oxygen atoms in total. The highest BCUT2D eigenvalue weighted by Crippen LogP contribution is 2.55. The summed E-state index contributed by atoms with van der Waals surface area (Å²) in [6.07, 6.45) is 6.86. The lowest BCUT2D eigenvalue weighted by Gasteiger charge is -2.34. The number of piperidine rings is 1. The van der Waals surface area contributed by atoms with Gasteiger partial charge in [-0.3, -0.25) is 24.8 Å². The van der Waals surface area contributed by atoms with Crippen LogP contribution in [0.3, 0.4) is 0 Å². The molecule has 0 radical (unpaired) electrons. The number of hydrogen-bond acceptors (Lipinski definition) is 9. The van der Waals surface area contributed by atoms with Crippen LogP contribution in [0.25, 0.3) is 33.1 Å². The summed E-state index contributed by atoms with van der Waals surface area (Å²) in [5.41, 5.74) is 0.230. The minimum atomic E-state index is -0.934. The number of carbonyl (C=O) groups is 1. The lowest BCUT2D eigenvalue weighted by molar-refractivity contribution is 0.107. The lowest BCUT2D eigenvalue weighted by Crippen LogP contribution is -2.55. The third-order valence-corrected chi connectivity index (χ3v) is 11.2. The second kappa shape index (κ2) is 12.5. The molecule has 0 bridgehead atoms. The summed E-state index contributed by atoms with van der Waals surface area (Å²) in [7, 11) is 0. The van der Waals surface area contributed by atoms with Crippen molar-refractivity contribution in [3.63, 3.8) is 0 Å². The number of ether oxygens (including phenoxy) is 2. The monoisotopic (exact) mass is 696 g/mol. The molecule has 0 spiro atoms. The van der Waals surface area contributed by atoms with Crippen LogP contribution in [0.4, 0.5) is 13.6 Å². The van der Waals surface area contributed by atoms with Gasteiger partial charge in [-0.25, -0.2) is 13.6 Å². The number of hydrogen-bond donors (Lipinski definition) is 4. The Morgan fingerprint density at radius 1 is 1.24 bits per heavy atom. The molecule has 15 heteroatoms. The Morgan fingerprint density at radius 2 is 2.12 bits per heavy atom. The van der Waals surface area contributed by atoms with E-state index < -0.39 is 29.2 Å². The largest absolute Gasteiger partial charge is 0.463 e. The SMILES string of the molecule is C[C@@]1(NC(=O)OCCC2CC2c2c(Cl)cc3[nH]ncc3c2-c2ncc3c(=O)[nH]c(OC[C@@]45CCCN4C[C@H](F)C5)nc3c2F)CCCNC1. The normalized spacial score (nSPS) is 28.2. The molecule has 1 aliphatic carbocycles. The molecule has 1 amide bonds. The van der Waals surface area contributed by atoms with Gasteiger partial charge in [0.05, 0.1) is 34.8 Å². The Bertz CT molecular complexity index is 1980. The molecule has 4 aliphatic rings. The van der Waals surface area contributed by atoms with Crippen LogP contribution >= 0.6 is 11.6 Å². The van der Waals surface area contributed by atoms with Gasteiger partial charge in [0.2, 0.25) is 0 Å². The van der Waals surface area contributed by atoms with E-state index in [0.29, 0.717) is 47.4 Å². The topological polar surface area (TPSA) is 150 Å². The summed E-state index contributed by atoms with van der Waals surface area (Å²) in [6, 6.07) is 1.64. The molecule has 6 heterocycles. The number of benzene rings is 1. The standard InChI is InChI=1S/C34H39ClF2N8O4/c1-33(5-2-7-38-16-33)43-32(47)48-9-4-18-10-20(18)25-23(35)11-24-21(14-40-44-24)26(25)29-27(37)28-22(13-39-29)30(46)42-31(41-28)49-17-34-6-3-8-45(34)15-19(36)12-34/h11,13-14,18-20,38H,2-10,12,15-17H2,1H3,(H,40,44)(H,43,47)(H,41,42,46)/t18?,19-,20?,33-,34+/m1/s1. The van der Waals surface area contributed by atoms with Gasteiger partial charge in [0.1, 0.15) is 24.0 Å². The first-order valence-corrected chi connectivity index (χ1v) is 17.4. The third-order valence-electron chi connectivity index (χ3n) is 10.9. The first-order chi connectivity index (χ1) is 23.6. The van der Waals surface area contributed by atoms with Crippen LogP contribution in [0, 0.1) is 11.7 Å². The van der Waals surface area contributed by atoms with Gasteiger partial charge >= 0.3 is 6.09 Å². The Balaban J connectivity index is 1.05. The minimum absolute atomic E-state index is 0.00677. The minimum Gasteiger partial charge on any atom is -0.463 e. The fourth-order valence-corrected chi connectivity index (χ4v) is 8.65. The number of H-pyrrole nitrogens is 2. The van der Waals surface area contributed by atoms with Gasteiger partial charge in [0.15, 0.2) is 5.82 Å². The highest BCUT2D eigenvalue weighted by molar-refractivity contribution is 6.33. The highest BCUT2D eigenvalue weighted by Gasteiger charge is 2.49. The highest BCUT2D eigenvalue weighted by atomic mass is 35.5. The summed E-state index contributed by atoms with van der Waals surface area (Å²) < 4.78 is 42.4. The van der Waals surface area contributed by atoms with Crippen LogP contribution in [0.2, 0.25) is 5.02 Å². The van der Waals surface area contributed by atoms with E-state index in [2.05, 4.69) is 40.7 Å². The van der Waals surface area contributed by atoms with Crippen molar-refractivity contribution >= 4 is 39.5 Å². The molecule has 3 aliphatic heterocycles. The number of carbonyl (C=O) groups excluding carboxylic acids is 1. The van der Waals surface area contributed by atoms with Crippen molar-refractivity contribution in [2.24, 2.45) is 5.92 Å².